The third-order valence-corrected chi connectivity index (χ3v) is 4.13. The largest absolute Gasteiger partial charge is 0.340 e. The van der Waals surface area contributed by atoms with Crippen LogP contribution in [0.2, 0.25) is 0 Å². The van der Waals surface area contributed by atoms with Crippen molar-refractivity contribution in [3.8, 4) is 0 Å². The van der Waals surface area contributed by atoms with E-state index in [1.165, 1.54) is 0 Å². The Kier molecular flexibility index (Phi) is 7.16. The van der Waals surface area contributed by atoms with Crippen LogP contribution in [0.3, 0.4) is 0 Å². The zero-order valence-corrected chi connectivity index (χ0v) is 13.3. The van der Waals surface area contributed by atoms with E-state index < -0.39 is 0 Å². The molecule has 2 N–H and O–H groups in total. The molecule has 108 valence electrons. The first-order valence-electron chi connectivity index (χ1n) is 6.90. The summed E-state index contributed by atoms with van der Waals surface area (Å²) in [6.07, 6.45) is 8.87. The predicted octanol–water partition coefficient (Wildman–Crippen LogP) is 2.33. The number of thioether (sulfide) groups is 1. The molecule has 4 nitrogen and oxygen atoms in total. The third kappa shape index (κ3) is 4.99. The fraction of sp³-hybridized carbons (Fsp3) is 0.714. The van der Waals surface area contributed by atoms with Gasteiger partial charge in [-0.2, -0.15) is 11.8 Å². The summed E-state index contributed by atoms with van der Waals surface area (Å²) < 4.78 is 0. The Hall–Kier alpha value is -0.810. The van der Waals surface area contributed by atoms with Gasteiger partial charge in [0.1, 0.15) is 0 Å². The zero-order chi connectivity index (χ0) is 14.3. The molecule has 1 heterocycles. The van der Waals surface area contributed by atoms with Crippen LogP contribution in [0.1, 0.15) is 32.3 Å². The number of aromatic nitrogens is 2. The van der Waals surface area contributed by atoms with Crippen molar-refractivity contribution in [2.24, 2.45) is 5.73 Å². The molecule has 0 radical (unpaired) electrons. The van der Waals surface area contributed by atoms with Crippen LogP contribution in [0, 0.1) is 0 Å². The standard InChI is InChI=1S/C14H26N4S/c1-5-12(15)7-11-8-16-14(17-9-11)18(3)13(6-2)10-19-4/h8-9,12-13H,5-7,10,15H2,1-4H3. The summed E-state index contributed by atoms with van der Waals surface area (Å²) in [5.41, 5.74) is 7.06. The molecule has 2 unspecified atom stereocenters. The molecule has 0 saturated heterocycles. The smallest absolute Gasteiger partial charge is 0.225 e. The second-order valence-corrected chi connectivity index (χ2v) is 5.80. The van der Waals surface area contributed by atoms with E-state index >= 15 is 0 Å². The van der Waals surface area contributed by atoms with Gasteiger partial charge < -0.3 is 10.6 Å². The average Bonchev–Trinajstić information content (AvgIpc) is 2.44. The van der Waals surface area contributed by atoms with Gasteiger partial charge in [0.2, 0.25) is 5.95 Å². The van der Waals surface area contributed by atoms with Crippen molar-refractivity contribution in [2.75, 3.05) is 24.0 Å². The maximum atomic E-state index is 5.94. The SMILES string of the molecule is CCC(N)Cc1cnc(N(C)C(CC)CSC)nc1. The van der Waals surface area contributed by atoms with Gasteiger partial charge in [0.15, 0.2) is 0 Å². The molecule has 0 aliphatic rings. The lowest BCUT2D eigenvalue weighted by Crippen LogP contribution is -2.34. The van der Waals surface area contributed by atoms with E-state index in [9.17, 15) is 0 Å². The Bertz CT molecular complexity index is 355. The summed E-state index contributed by atoms with van der Waals surface area (Å²) >= 11 is 1.86. The van der Waals surface area contributed by atoms with Crippen LogP contribution < -0.4 is 10.6 Å². The average molecular weight is 282 g/mol. The summed E-state index contributed by atoms with van der Waals surface area (Å²) in [6.45, 7) is 4.30. The molecule has 1 rings (SSSR count). The first kappa shape index (κ1) is 16.2. The fourth-order valence-electron chi connectivity index (χ4n) is 1.94. The number of nitrogens with two attached hydrogens (primary N) is 1. The molecule has 0 saturated carbocycles. The third-order valence-electron chi connectivity index (χ3n) is 3.41. The molecule has 0 spiro atoms. The maximum Gasteiger partial charge on any atom is 0.225 e. The van der Waals surface area contributed by atoms with Gasteiger partial charge in [-0.15, -0.1) is 0 Å². The highest BCUT2D eigenvalue weighted by molar-refractivity contribution is 7.98. The van der Waals surface area contributed by atoms with E-state index in [1.807, 2.05) is 24.2 Å². The molecular weight excluding hydrogens is 256 g/mol. The lowest BCUT2D eigenvalue weighted by molar-refractivity contribution is 0.637. The minimum atomic E-state index is 0.201. The van der Waals surface area contributed by atoms with Crippen molar-refractivity contribution < 1.29 is 0 Å². The van der Waals surface area contributed by atoms with Crippen LogP contribution in [-0.2, 0) is 6.42 Å². The minimum absolute atomic E-state index is 0.201. The predicted molar refractivity (Wildman–Crippen MR) is 84.9 cm³/mol. The van der Waals surface area contributed by atoms with Crippen molar-refractivity contribution in [2.45, 2.75) is 45.2 Å². The van der Waals surface area contributed by atoms with Crippen molar-refractivity contribution in [3.05, 3.63) is 18.0 Å². The molecule has 0 bridgehead atoms. The molecule has 0 fully saturated rings. The molecule has 0 aromatic carbocycles. The summed E-state index contributed by atoms with van der Waals surface area (Å²) in [4.78, 5) is 11.1. The Morgan fingerprint density at radius 2 is 1.89 bits per heavy atom. The topological polar surface area (TPSA) is 55.0 Å². The van der Waals surface area contributed by atoms with Gasteiger partial charge in [0.25, 0.3) is 0 Å². The number of hydrogen-bond donors (Lipinski definition) is 1. The summed E-state index contributed by atoms with van der Waals surface area (Å²) in [5.74, 6) is 1.90. The highest BCUT2D eigenvalue weighted by Crippen LogP contribution is 2.14. The monoisotopic (exact) mass is 282 g/mol. The van der Waals surface area contributed by atoms with Gasteiger partial charge in [-0.05, 0) is 31.1 Å². The van der Waals surface area contributed by atoms with Gasteiger partial charge in [0, 0.05) is 37.3 Å². The van der Waals surface area contributed by atoms with Gasteiger partial charge >= 0.3 is 0 Å². The first-order valence-corrected chi connectivity index (χ1v) is 8.29. The minimum Gasteiger partial charge on any atom is -0.340 e. The Morgan fingerprint density at radius 1 is 1.26 bits per heavy atom. The molecule has 0 aliphatic heterocycles. The van der Waals surface area contributed by atoms with E-state index in [4.69, 9.17) is 5.73 Å². The Morgan fingerprint density at radius 3 is 2.37 bits per heavy atom. The van der Waals surface area contributed by atoms with Gasteiger partial charge in [-0.3, -0.25) is 0 Å². The van der Waals surface area contributed by atoms with Crippen molar-refractivity contribution in [3.63, 3.8) is 0 Å². The Labute approximate surface area is 121 Å². The second kappa shape index (κ2) is 8.38. The second-order valence-electron chi connectivity index (χ2n) is 4.89. The van der Waals surface area contributed by atoms with Crippen molar-refractivity contribution in [1.82, 2.24) is 9.97 Å². The molecule has 1 aromatic heterocycles. The lowest BCUT2D eigenvalue weighted by atomic mass is 10.1. The molecule has 2 atom stereocenters. The van der Waals surface area contributed by atoms with Gasteiger partial charge in [-0.25, -0.2) is 9.97 Å². The molecule has 0 amide bonds. The first-order chi connectivity index (χ1) is 9.12. The number of hydrogen-bond acceptors (Lipinski definition) is 5. The normalized spacial score (nSPS) is 14.2. The highest BCUT2D eigenvalue weighted by atomic mass is 32.2. The van der Waals surface area contributed by atoms with Crippen LogP contribution in [-0.4, -0.2) is 41.1 Å². The van der Waals surface area contributed by atoms with Crippen LogP contribution in [0.5, 0.6) is 0 Å². The van der Waals surface area contributed by atoms with E-state index in [0.29, 0.717) is 6.04 Å². The van der Waals surface area contributed by atoms with Crippen LogP contribution >= 0.6 is 11.8 Å². The van der Waals surface area contributed by atoms with Crippen LogP contribution in [0.15, 0.2) is 12.4 Å². The fourth-order valence-corrected chi connectivity index (χ4v) is 2.79. The molecule has 0 aliphatic carbocycles. The van der Waals surface area contributed by atoms with E-state index in [1.54, 1.807) is 0 Å². The molecular formula is C14H26N4S. The summed E-state index contributed by atoms with van der Waals surface area (Å²) in [5, 5.41) is 0. The number of rotatable bonds is 8. The lowest BCUT2D eigenvalue weighted by Gasteiger charge is -2.26. The highest BCUT2D eigenvalue weighted by Gasteiger charge is 2.15. The maximum absolute atomic E-state index is 5.94. The van der Waals surface area contributed by atoms with E-state index in [2.05, 4.69) is 42.0 Å². The van der Waals surface area contributed by atoms with Crippen molar-refractivity contribution >= 4 is 17.7 Å². The summed E-state index contributed by atoms with van der Waals surface area (Å²) in [6, 6.07) is 0.686. The van der Waals surface area contributed by atoms with Gasteiger partial charge in [-0.1, -0.05) is 13.8 Å². The quantitative estimate of drug-likeness (QED) is 0.793. The zero-order valence-electron chi connectivity index (χ0n) is 12.5. The Balaban J connectivity index is 2.69. The van der Waals surface area contributed by atoms with E-state index in [-0.39, 0.29) is 6.04 Å². The number of anilines is 1. The van der Waals surface area contributed by atoms with Gasteiger partial charge in [0.05, 0.1) is 0 Å². The number of nitrogens with zero attached hydrogens (tertiary/aromatic N) is 3. The van der Waals surface area contributed by atoms with Crippen LogP contribution in [0.25, 0.3) is 0 Å². The molecule has 19 heavy (non-hydrogen) atoms. The molecule has 1 aromatic rings. The van der Waals surface area contributed by atoms with Crippen LogP contribution in [0.4, 0.5) is 5.95 Å². The van der Waals surface area contributed by atoms with E-state index in [0.717, 1.165) is 36.5 Å². The summed E-state index contributed by atoms with van der Waals surface area (Å²) in [7, 11) is 2.07. The molecule has 5 heteroatoms. The van der Waals surface area contributed by atoms with Crippen molar-refractivity contribution in [1.29, 1.82) is 0 Å².